The minimum atomic E-state index is -0.390. The van der Waals surface area contributed by atoms with Crippen LogP contribution in [0.25, 0.3) is 0 Å². The minimum Gasteiger partial charge on any atom is -0.325 e. The summed E-state index contributed by atoms with van der Waals surface area (Å²) in [5.41, 5.74) is 2.37. The van der Waals surface area contributed by atoms with Crippen LogP contribution in [0.3, 0.4) is 0 Å². The van der Waals surface area contributed by atoms with Crippen LogP contribution in [0, 0.1) is 0 Å². The summed E-state index contributed by atoms with van der Waals surface area (Å²) in [4.78, 5) is 28.1. The second kappa shape index (κ2) is 6.30. The topological polar surface area (TPSA) is 49.4 Å². The summed E-state index contributed by atoms with van der Waals surface area (Å²) < 4.78 is 0. The fourth-order valence-corrected chi connectivity index (χ4v) is 5.16. The maximum Gasteiger partial charge on any atom is 0.235 e. The molecule has 25 heavy (non-hydrogen) atoms. The summed E-state index contributed by atoms with van der Waals surface area (Å²) in [7, 11) is 0. The van der Waals surface area contributed by atoms with Gasteiger partial charge in [-0.1, -0.05) is 18.9 Å². The fraction of sp³-hybridized carbons (Fsp3) is 0.400. The van der Waals surface area contributed by atoms with Crippen LogP contribution in [0.5, 0.6) is 0 Å². The Hall–Kier alpha value is -2.14. The maximum absolute atomic E-state index is 13.1. The predicted molar refractivity (Wildman–Crippen MR) is 101 cm³/mol. The van der Waals surface area contributed by atoms with Gasteiger partial charge in [-0.2, -0.15) is 0 Å². The molecule has 2 aromatic rings. The Morgan fingerprint density at radius 3 is 2.76 bits per heavy atom. The SMILES string of the molecule is CCN1C(=O)Cc2cc(NC(=O)C3(c4cccs4)CCCC3)ccc21. The van der Waals surface area contributed by atoms with Gasteiger partial charge in [-0.25, -0.2) is 0 Å². The third-order valence-corrected chi connectivity index (χ3v) is 6.55. The van der Waals surface area contributed by atoms with E-state index in [1.54, 1.807) is 16.2 Å². The van der Waals surface area contributed by atoms with Gasteiger partial charge in [0.25, 0.3) is 0 Å². The lowest BCUT2D eigenvalue weighted by Crippen LogP contribution is -2.37. The van der Waals surface area contributed by atoms with Crippen molar-refractivity contribution in [3.8, 4) is 0 Å². The largest absolute Gasteiger partial charge is 0.325 e. The second-order valence-electron chi connectivity index (χ2n) is 6.88. The molecule has 0 bridgehead atoms. The zero-order valence-electron chi connectivity index (χ0n) is 14.4. The fourth-order valence-electron chi connectivity index (χ4n) is 4.17. The number of rotatable bonds is 4. The van der Waals surface area contributed by atoms with Crippen molar-refractivity contribution in [2.75, 3.05) is 16.8 Å². The van der Waals surface area contributed by atoms with Crippen molar-refractivity contribution >= 4 is 34.5 Å². The van der Waals surface area contributed by atoms with Gasteiger partial charge >= 0.3 is 0 Å². The van der Waals surface area contributed by atoms with Crippen LogP contribution < -0.4 is 10.2 Å². The molecule has 0 atom stereocenters. The number of carbonyl (C=O) groups excluding carboxylic acids is 2. The first-order chi connectivity index (χ1) is 12.1. The number of benzene rings is 1. The summed E-state index contributed by atoms with van der Waals surface area (Å²) in [6, 6.07) is 9.92. The van der Waals surface area contributed by atoms with E-state index in [1.807, 2.05) is 36.6 Å². The van der Waals surface area contributed by atoms with E-state index in [1.165, 1.54) is 0 Å². The predicted octanol–water partition coefficient (Wildman–Crippen LogP) is 4.11. The van der Waals surface area contributed by atoms with E-state index in [9.17, 15) is 9.59 Å². The van der Waals surface area contributed by atoms with Crippen molar-refractivity contribution in [3.63, 3.8) is 0 Å². The highest BCUT2D eigenvalue weighted by Gasteiger charge is 2.43. The molecule has 5 heteroatoms. The van der Waals surface area contributed by atoms with Crippen molar-refractivity contribution in [2.45, 2.75) is 44.4 Å². The van der Waals surface area contributed by atoms with E-state index in [2.05, 4.69) is 11.4 Å². The number of hydrogen-bond donors (Lipinski definition) is 1. The number of anilines is 2. The molecule has 1 fully saturated rings. The molecule has 1 aliphatic heterocycles. The molecule has 2 amide bonds. The summed E-state index contributed by atoms with van der Waals surface area (Å²) in [5.74, 6) is 0.218. The van der Waals surface area contributed by atoms with Gasteiger partial charge in [-0.05, 0) is 55.0 Å². The van der Waals surface area contributed by atoms with E-state index < -0.39 is 5.41 Å². The van der Waals surface area contributed by atoms with Crippen LogP contribution in [-0.2, 0) is 21.4 Å². The first-order valence-electron chi connectivity index (χ1n) is 8.93. The molecule has 0 unspecified atom stereocenters. The molecule has 4 nitrogen and oxygen atoms in total. The van der Waals surface area contributed by atoms with Crippen LogP contribution in [0.4, 0.5) is 11.4 Å². The Balaban J connectivity index is 1.59. The normalized spacial score (nSPS) is 18.4. The Bertz CT molecular complexity index is 807. The highest BCUT2D eigenvalue weighted by atomic mass is 32.1. The Labute approximate surface area is 151 Å². The third-order valence-electron chi connectivity index (χ3n) is 5.47. The Kier molecular flexibility index (Phi) is 4.12. The van der Waals surface area contributed by atoms with Crippen LogP contribution in [0.15, 0.2) is 35.7 Å². The van der Waals surface area contributed by atoms with E-state index in [0.29, 0.717) is 13.0 Å². The third kappa shape index (κ3) is 2.67. The molecule has 1 aromatic carbocycles. The van der Waals surface area contributed by atoms with Gasteiger partial charge in [0, 0.05) is 22.8 Å². The van der Waals surface area contributed by atoms with Crippen LogP contribution >= 0.6 is 11.3 Å². The van der Waals surface area contributed by atoms with Gasteiger partial charge < -0.3 is 10.2 Å². The molecule has 0 spiro atoms. The lowest BCUT2D eigenvalue weighted by atomic mass is 9.83. The summed E-state index contributed by atoms with van der Waals surface area (Å²) >= 11 is 1.67. The molecule has 130 valence electrons. The number of hydrogen-bond acceptors (Lipinski definition) is 3. The molecule has 1 aliphatic carbocycles. The Morgan fingerprint density at radius 2 is 2.08 bits per heavy atom. The average molecular weight is 354 g/mol. The number of nitrogens with zero attached hydrogens (tertiary/aromatic N) is 1. The van der Waals surface area contributed by atoms with Crippen molar-refractivity contribution in [3.05, 3.63) is 46.2 Å². The van der Waals surface area contributed by atoms with Crippen molar-refractivity contribution in [1.82, 2.24) is 0 Å². The zero-order valence-corrected chi connectivity index (χ0v) is 15.2. The van der Waals surface area contributed by atoms with E-state index >= 15 is 0 Å². The number of amides is 2. The van der Waals surface area contributed by atoms with Gasteiger partial charge in [0.05, 0.1) is 11.8 Å². The quantitative estimate of drug-likeness (QED) is 0.898. The molecule has 2 heterocycles. The molecule has 2 aliphatic rings. The van der Waals surface area contributed by atoms with Crippen molar-refractivity contribution < 1.29 is 9.59 Å². The molecular weight excluding hydrogens is 332 g/mol. The van der Waals surface area contributed by atoms with E-state index in [4.69, 9.17) is 0 Å². The number of nitrogens with one attached hydrogen (secondary N) is 1. The number of fused-ring (bicyclic) bond motifs is 1. The Morgan fingerprint density at radius 1 is 1.28 bits per heavy atom. The molecule has 1 N–H and O–H groups in total. The van der Waals surface area contributed by atoms with Gasteiger partial charge in [-0.15, -0.1) is 11.3 Å². The molecular formula is C20H22N2O2S. The molecule has 4 rings (SSSR count). The average Bonchev–Trinajstić information content (AvgIpc) is 3.33. The maximum atomic E-state index is 13.1. The van der Waals surface area contributed by atoms with Crippen LogP contribution in [0.1, 0.15) is 43.0 Å². The van der Waals surface area contributed by atoms with Gasteiger partial charge in [-0.3, -0.25) is 9.59 Å². The summed E-state index contributed by atoms with van der Waals surface area (Å²) in [5, 5.41) is 5.17. The summed E-state index contributed by atoms with van der Waals surface area (Å²) in [6.07, 6.45) is 4.42. The molecule has 1 aromatic heterocycles. The standard InChI is InChI=1S/C20H22N2O2S/c1-2-22-16-8-7-15(12-14(16)13-18(22)23)21-19(24)20(9-3-4-10-20)17-6-5-11-25-17/h5-8,11-12H,2-4,9-10,13H2,1H3,(H,21,24). The number of thiophene rings is 1. The monoisotopic (exact) mass is 354 g/mol. The lowest BCUT2D eigenvalue weighted by molar-refractivity contribution is -0.121. The minimum absolute atomic E-state index is 0.0871. The van der Waals surface area contributed by atoms with Gasteiger partial charge in [0.1, 0.15) is 0 Å². The zero-order chi connectivity index (χ0) is 17.4. The molecule has 1 saturated carbocycles. The van der Waals surface area contributed by atoms with Crippen molar-refractivity contribution in [1.29, 1.82) is 0 Å². The molecule has 0 saturated heterocycles. The van der Waals surface area contributed by atoms with Crippen LogP contribution in [0.2, 0.25) is 0 Å². The molecule has 0 radical (unpaired) electrons. The first-order valence-corrected chi connectivity index (χ1v) is 9.81. The second-order valence-corrected chi connectivity index (χ2v) is 7.83. The summed E-state index contributed by atoms with van der Waals surface area (Å²) in [6.45, 7) is 2.66. The first kappa shape index (κ1) is 16.3. The van der Waals surface area contributed by atoms with Gasteiger partial charge in [0.2, 0.25) is 11.8 Å². The van der Waals surface area contributed by atoms with Crippen molar-refractivity contribution in [2.24, 2.45) is 0 Å². The highest BCUT2D eigenvalue weighted by molar-refractivity contribution is 7.10. The van der Waals surface area contributed by atoms with Gasteiger partial charge in [0.15, 0.2) is 0 Å². The van der Waals surface area contributed by atoms with E-state index in [0.717, 1.165) is 47.5 Å². The van der Waals surface area contributed by atoms with Crippen LogP contribution in [-0.4, -0.2) is 18.4 Å². The smallest absolute Gasteiger partial charge is 0.235 e. The lowest BCUT2D eigenvalue weighted by Gasteiger charge is -2.26. The number of likely N-dealkylation sites (N-methyl/N-ethyl adjacent to an activating group) is 1. The number of carbonyl (C=O) groups is 2. The van der Waals surface area contributed by atoms with E-state index in [-0.39, 0.29) is 11.8 Å². The highest BCUT2D eigenvalue weighted by Crippen LogP contribution is 2.44.